The van der Waals surface area contributed by atoms with Crippen molar-refractivity contribution in [3.8, 4) is 5.75 Å². The van der Waals surface area contributed by atoms with Crippen LogP contribution in [0.5, 0.6) is 5.75 Å². The monoisotopic (exact) mass is 509 g/mol. The largest absolute Gasteiger partial charge is 0.494 e. The molecule has 3 aromatic carbocycles. The maximum Gasteiger partial charge on any atom is 0.303 e. The number of piperidine rings is 1. The van der Waals surface area contributed by atoms with Gasteiger partial charge in [0.25, 0.3) is 0 Å². The summed E-state index contributed by atoms with van der Waals surface area (Å²) in [5.41, 5.74) is 0.870. The molecule has 2 N–H and O–H groups in total. The molecule has 0 unspecified atom stereocenters. The molecule has 1 saturated heterocycles. The maximum atomic E-state index is 13.6. The van der Waals surface area contributed by atoms with Crippen LogP contribution in [0.25, 0.3) is 0 Å². The van der Waals surface area contributed by atoms with Gasteiger partial charge in [-0.2, -0.15) is 0 Å². The standard InChI is InChI=1S/C30H33F2NO4/c31-26-9-5-23(6-10-26)30(36,24-7-11-27(32)12-8-24)25-16-19-33(20-17-25)18-1-21-37-28-13-2-22(3-14-28)4-15-29(34)35/h2-3,5-14,25,36H,1,4,15-21H2,(H,34,35). The van der Waals surface area contributed by atoms with E-state index >= 15 is 0 Å². The number of benzene rings is 3. The molecule has 0 aromatic heterocycles. The van der Waals surface area contributed by atoms with Crippen LogP contribution in [0.4, 0.5) is 8.78 Å². The second-order valence-electron chi connectivity index (χ2n) is 9.64. The number of halogens is 2. The quantitative estimate of drug-likeness (QED) is 0.339. The molecule has 196 valence electrons. The van der Waals surface area contributed by atoms with Crippen LogP contribution in [0, 0.1) is 17.6 Å². The second kappa shape index (κ2) is 12.3. The number of carboxylic acid groups (broad SMARTS) is 1. The Kier molecular flexibility index (Phi) is 8.90. The molecular formula is C30H33F2NO4. The fourth-order valence-electron chi connectivity index (χ4n) is 5.10. The molecule has 0 bridgehead atoms. The van der Waals surface area contributed by atoms with Crippen LogP contribution in [0.3, 0.4) is 0 Å². The zero-order chi connectivity index (χ0) is 26.3. The van der Waals surface area contributed by atoms with Crippen molar-refractivity contribution in [3.05, 3.63) is 101 Å². The summed E-state index contributed by atoms with van der Waals surface area (Å²) < 4.78 is 33.0. The zero-order valence-corrected chi connectivity index (χ0v) is 20.8. The van der Waals surface area contributed by atoms with E-state index in [-0.39, 0.29) is 24.0 Å². The van der Waals surface area contributed by atoms with Gasteiger partial charge in [0.1, 0.15) is 23.0 Å². The minimum atomic E-state index is -1.33. The second-order valence-corrected chi connectivity index (χ2v) is 9.64. The van der Waals surface area contributed by atoms with Gasteiger partial charge in [-0.25, -0.2) is 8.78 Å². The number of carbonyl (C=O) groups is 1. The summed E-state index contributed by atoms with van der Waals surface area (Å²) in [7, 11) is 0. The van der Waals surface area contributed by atoms with Crippen molar-refractivity contribution in [2.45, 2.75) is 37.7 Å². The first-order chi connectivity index (χ1) is 17.8. The van der Waals surface area contributed by atoms with E-state index < -0.39 is 11.6 Å². The number of hydrogen-bond donors (Lipinski definition) is 2. The Bertz CT molecular complexity index is 1100. The minimum Gasteiger partial charge on any atom is -0.494 e. The van der Waals surface area contributed by atoms with Gasteiger partial charge in [-0.15, -0.1) is 0 Å². The van der Waals surface area contributed by atoms with Crippen molar-refractivity contribution in [2.75, 3.05) is 26.2 Å². The lowest BCUT2D eigenvalue weighted by molar-refractivity contribution is -0.136. The first-order valence-corrected chi connectivity index (χ1v) is 12.7. The van der Waals surface area contributed by atoms with Gasteiger partial charge in [-0.05, 0) is 97.8 Å². The summed E-state index contributed by atoms with van der Waals surface area (Å²) in [5.74, 6) is -0.857. The molecule has 0 amide bonds. The van der Waals surface area contributed by atoms with E-state index in [4.69, 9.17) is 9.84 Å². The first kappa shape index (κ1) is 26.8. The predicted molar refractivity (Wildman–Crippen MR) is 137 cm³/mol. The molecule has 0 saturated carbocycles. The van der Waals surface area contributed by atoms with Crippen molar-refractivity contribution in [1.29, 1.82) is 0 Å². The lowest BCUT2D eigenvalue weighted by atomic mass is 9.72. The highest BCUT2D eigenvalue weighted by molar-refractivity contribution is 5.67. The van der Waals surface area contributed by atoms with Crippen LogP contribution < -0.4 is 4.74 Å². The van der Waals surface area contributed by atoms with Crippen molar-refractivity contribution in [2.24, 2.45) is 5.92 Å². The molecular weight excluding hydrogens is 476 g/mol. The predicted octanol–water partition coefficient (Wildman–Crippen LogP) is 5.40. The topological polar surface area (TPSA) is 70.0 Å². The molecule has 5 nitrogen and oxygen atoms in total. The van der Waals surface area contributed by atoms with Gasteiger partial charge in [-0.3, -0.25) is 4.79 Å². The van der Waals surface area contributed by atoms with Gasteiger partial charge in [0, 0.05) is 13.0 Å². The molecule has 7 heteroatoms. The molecule has 3 aromatic rings. The molecule has 1 fully saturated rings. The number of aryl methyl sites for hydroxylation is 1. The fraction of sp³-hybridized carbons (Fsp3) is 0.367. The summed E-state index contributed by atoms with van der Waals surface area (Å²) in [6.07, 6.45) is 2.98. The Morgan fingerprint density at radius 2 is 1.43 bits per heavy atom. The van der Waals surface area contributed by atoms with Gasteiger partial charge in [0.05, 0.1) is 6.61 Å². The maximum absolute atomic E-state index is 13.6. The molecule has 0 atom stereocenters. The minimum absolute atomic E-state index is 0.0874. The van der Waals surface area contributed by atoms with E-state index in [0.717, 1.165) is 50.2 Å². The van der Waals surface area contributed by atoms with E-state index in [1.165, 1.54) is 24.3 Å². The summed E-state index contributed by atoms with van der Waals surface area (Å²) in [5, 5.41) is 20.7. The third-order valence-corrected chi connectivity index (χ3v) is 7.19. The summed E-state index contributed by atoms with van der Waals surface area (Å²) in [4.78, 5) is 13.0. The van der Waals surface area contributed by atoms with Crippen molar-refractivity contribution < 1.29 is 28.5 Å². The van der Waals surface area contributed by atoms with E-state index in [0.29, 0.717) is 24.2 Å². The Morgan fingerprint density at radius 3 is 1.95 bits per heavy atom. The summed E-state index contributed by atoms with van der Waals surface area (Å²) in [6.45, 7) is 3.07. The molecule has 1 heterocycles. The van der Waals surface area contributed by atoms with Crippen LogP contribution in [-0.4, -0.2) is 47.3 Å². The molecule has 0 aliphatic carbocycles. The highest BCUT2D eigenvalue weighted by Gasteiger charge is 2.41. The molecule has 1 aliphatic heterocycles. The number of aliphatic hydroxyl groups is 1. The Labute approximate surface area is 216 Å². The van der Waals surface area contributed by atoms with E-state index in [9.17, 15) is 18.7 Å². The number of carboxylic acids is 1. The van der Waals surface area contributed by atoms with Gasteiger partial charge >= 0.3 is 5.97 Å². The third kappa shape index (κ3) is 6.93. The lowest BCUT2D eigenvalue weighted by Crippen LogP contribution is -2.44. The number of aliphatic carboxylic acids is 1. The van der Waals surface area contributed by atoms with Crippen molar-refractivity contribution >= 4 is 5.97 Å². The van der Waals surface area contributed by atoms with Crippen LogP contribution in [0.2, 0.25) is 0 Å². The molecule has 0 radical (unpaired) electrons. The average Bonchev–Trinajstić information content (AvgIpc) is 2.91. The Morgan fingerprint density at radius 1 is 0.892 bits per heavy atom. The molecule has 1 aliphatic rings. The zero-order valence-electron chi connectivity index (χ0n) is 20.8. The van der Waals surface area contributed by atoms with E-state index in [1.807, 2.05) is 24.3 Å². The van der Waals surface area contributed by atoms with Gasteiger partial charge in [0.2, 0.25) is 0 Å². The van der Waals surface area contributed by atoms with Gasteiger partial charge in [0.15, 0.2) is 0 Å². The Hall–Kier alpha value is -3.29. The lowest BCUT2D eigenvalue weighted by Gasteiger charge is -2.42. The smallest absolute Gasteiger partial charge is 0.303 e. The summed E-state index contributed by atoms with van der Waals surface area (Å²) in [6, 6.07) is 19.4. The average molecular weight is 510 g/mol. The molecule has 0 spiro atoms. The van der Waals surface area contributed by atoms with Crippen LogP contribution in [0.1, 0.15) is 42.4 Å². The SMILES string of the molecule is O=C(O)CCc1ccc(OCCCN2CCC(C(O)(c3ccc(F)cc3)c3ccc(F)cc3)CC2)cc1. The normalized spacial score (nSPS) is 15.0. The molecule has 4 rings (SSSR count). The molecule has 37 heavy (non-hydrogen) atoms. The summed E-state index contributed by atoms with van der Waals surface area (Å²) >= 11 is 0. The number of ether oxygens (including phenoxy) is 1. The van der Waals surface area contributed by atoms with Crippen LogP contribution in [0.15, 0.2) is 72.8 Å². The van der Waals surface area contributed by atoms with Gasteiger partial charge < -0.3 is 19.8 Å². The fourth-order valence-corrected chi connectivity index (χ4v) is 5.10. The Balaban J connectivity index is 1.29. The van der Waals surface area contributed by atoms with Crippen LogP contribution >= 0.6 is 0 Å². The number of rotatable bonds is 11. The number of hydrogen-bond acceptors (Lipinski definition) is 4. The highest BCUT2D eigenvalue weighted by Crippen LogP contribution is 2.42. The van der Waals surface area contributed by atoms with E-state index in [1.54, 1.807) is 24.3 Å². The van der Waals surface area contributed by atoms with Gasteiger partial charge in [-0.1, -0.05) is 36.4 Å². The van der Waals surface area contributed by atoms with E-state index in [2.05, 4.69) is 4.90 Å². The first-order valence-electron chi connectivity index (χ1n) is 12.7. The third-order valence-electron chi connectivity index (χ3n) is 7.19. The van der Waals surface area contributed by atoms with Crippen molar-refractivity contribution in [1.82, 2.24) is 4.90 Å². The van der Waals surface area contributed by atoms with Crippen LogP contribution in [-0.2, 0) is 16.8 Å². The number of likely N-dealkylation sites (tertiary alicyclic amines) is 1. The number of nitrogens with zero attached hydrogens (tertiary/aromatic N) is 1. The highest BCUT2D eigenvalue weighted by atomic mass is 19.1. The van der Waals surface area contributed by atoms with Crippen molar-refractivity contribution in [3.63, 3.8) is 0 Å².